The minimum atomic E-state index is 0.0706. The summed E-state index contributed by atoms with van der Waals surface area (Å²) in [6, 6.07) is 5.61. The average molecular weight is 188 g/mol. The number of carbonyl (C=O) groups is 1. The monoisotopic (exact) mass is 188 g/mol. The number of benzene rings is 1. The molecular weight excluding hydrogens is 176 g/mol. The number of fused-ring (bicyclic) bond motifs is 1. The van der Waals surface area contributed by atoms with Crippen LogP contribution in [0.15, 0.2) is 24.4 Å². The van der Waals surface area contributed by atoms with Crippen LogP contribution in [0.2, 0.25) is 0 Å². The number of hydrogen-bond donors (Lipinski definition) is 1. The predicted octanol–water partition coefficient (Wildman–Crippen LogP) is 1.96. The molecule has 72 valence electrons. The Labute approximate surface area is 82.1 Å². The highest BCUT2D eigenvalue weighted by Crippen LogP contribution is 2.23. The second-order valence-corrected chi connectivity index (χ2v) is 3.49. The molecule has 3 heteroatoms. The van der Waals surface area contributed by atoms with E-state index in [1.54, 1.807) is 6.92 Å². The zero-order valence-corrected chi connectivity index (χ0v) is 8.24. The van der Waals surface area contributed by atoms with Gasteiger partial charge in [0.2, 0.25) is 0 Å². The van der Waals surface area contributed by atoms with Gasteiger partial charge in [-0.2, -0.15) is 0 Å². The molecule has 1 heterocycles. The lowest BCUT2D eigenvalue weighted by Gasteiger charge is -1.97. The van der Waals surface area contributed by atoms with Gasteiger partial charge in [0, 0.05) is 35.4 Å². The largest absolute Gasteiger partial charge is 0.399 e. The van der Waals surface area contributed by atoms with Crippen LogP contribution in [0.1, 0.15) is 17.3 Å². The number of Topliss-reactive ketones (excluding diaryl/α,β-unsaturated/α-hetero) is 1. The van der Waals surface area contributed by atoms with E-state index in [4.69, 9.17) is 5.73 Å². The number of rotatable bonds is 1. The van der Waals surface area contributed by atoms with E-state index in [1.807, 2.05) is 36.0 Å². The van der Waals surface area contributed by atoms with Gasteiger partial charge in [0.15, 0.2) is 5.78 Å². The molecule has 1 aromatic carbocycles. The zero-order valence-electron chi connectivity index (χ0n) is 8.24. The molecule has 0 amide bonds. The third-order valence-corrected chi connectivity index (χ3v) is 2.39. The number of hydrogen-bond acceptors (Lipinski definition) is 2. The van der Waals surface area contributed by atoms with Crippen LogP contribution >= 0.6 is 0 Å². The Morgan fingerprint density at radius 2 is 2.14 bits per heavy atom. The van der Waals surface area contributed by atoms with E-state index in [0.717, 1.165) is 16.5 Å². The van der Waals surface area contributed by atoms with Crippen LogP contribution in [0.25, 0.3) is 10.9 Å². The van der Waals surface area contributed by atoms with Gasteiger partial charge in [0.25, 0.3) is 0 Å². The van der Waals surface area contributed by atoms with E-state index in [2.05, 4.69) is 0 Å². The van der Waals surface area contributed by atoms with Crippen LogP contribution in [-0.4, -0.2) is 10.4 Å². The molecule has 14 heavy (non-hydrogen) atoms. The van der Waals surface area contributed by atoms with Gasteiger partial charge in [-0.25, -0.2) is 0 Å². The Morgan fingerprint density at radius 3 is 2.79 bits per heavy atom. The molecule has 0 saturated carbocycles. The molecule has 0 saturated heterocycles. The Hall–Kier alpha value is -1.77. The smallest absolute Gasteiger partial charge is 0.161 e. The zero-order chi connectivity index (χ0) is 10.3. The van der Waals surface area contributed by atoms with E-state index in [9.17, 15) is 4.79 Å². The van der Waals surface area contributed by atoms with Gasteiger partial charge in [0.1, 0.15) is 0 Å². The third kappa shape index (κ3) is 1.18. The quantitative estimate of drug-likeness (QED) is 0.549. The summed E-state index contributed by atoms with van der Waals surface area (Å²) in [5, 5.41) is 0.931. The molecule has 0 spiro atoms. The molecule has 0 aliphatic heterocycles. The van der Waals surface area contributed by atoms with Gasteiger partial charge in [-0.05, 0) is 25.1 Å². The summed E-state index contributed by atoms with van der Waals surface area (Å²) >= 11 is 0. The van der Waals surface area contributed by atoms with Crippen LogP contribution in [-0.2, 0) is 7.05 Å². The second kappa shape index (κ2) is 2.87. The van der Waals surface area contributed by atoms with Gasteiger partial charge < -0.3 is 10.3 Å². The van der Waals surface area contributed by atoms with Crippen molar-refractivity contribution in [2.75, 3.05) is 5.73 Å². The first kappa shape index (κ1) is 8.81. The highest BCUT2D eigenvalue weighted by atomic mass is 16.1. The van der Waals surface area contributed by atoms with Gasteiger partial charge in [0.05, 0.1) is 0 Å². The van der Waals surface area contributed by atoms with Crippen molar-refractivity contribution >= 4 is 22.4 Å². The van der Waals surface area contributed by atoms with E-state index >= 15 is 0 Å². The van der Waals surface area contributed by atoms with Crippen molar-refractivity contribution in [3.8, 4) is 0 Å². The van der Waals surface area contributed by atoms with E-state index in [0.29, 0.717) is 5.69 Å². The fourth-order valence-corrected chi connectivity index (χ4v) is 1.69. The fraction of sp³-hybridized carbons (Fsp3) is 0.182. The van der Waals surface area contributed by atoms with Crippen molar-refractivity contribution in [2.24, 2.45) is 7.05 Å². The SMILES string of the molecule is CC(=O)c1cn(C)c2ccc(N)cc12. The molecule has 0 unspecified atom stereocenters. The normalized spacial score (nSPS) is 10.7. The van der Waals surface area contributed by atoms with Crippen molar-refractivity contribution in [1.82, 2.24) is 4.57 Å². The molecule has 2 N–H and O–H groups in total. The standard InChI is InChI=1S/C11H12N2O/c1-7(14)10-6-13(2)11-4-3-8(12)5-9(10)11/h3-6H,12H2,1-2H3. The van der Waals surface area contributed by atoms with Crippen molar-refractivity contribution in [2.45, 2.75) is 6.92 Å². The number of carbonyl (C=O) groups excluding carboxylic acids is 1. The molecule has 0 fully saturated rings. The summed E-state index contributed by atoms with van der Waals surface area (Å²) in [4.78, 5) is 11.3. The van der Waals surface area contributed by atoms with E-state index < -0.39 is 0 Å². The Morgan fingerprint density at radius 1 is 1.43 bits per heavy atom. The number of nitrogens with two attached hydrogens (primary N) is 1. The third-order valence-electron chi connectivity index (χ3n) is 2.39. The minimum absolute atomic E-state index is 0.0706. The maximum absolute atomic E-state index is 11.3. The number of aromatic nitrogens is 1. The molecule has 0 aliphatic rings. The van der Waals surface area contributed by atoms with Crippen LogP contribution < -0.4 is 5.73 Å². The highest BCUT2D eigenvalue weighted by molar-refractivity contribution is 6.07. The topological polar surface area (TPSA) is 48.0 Å². The average Bonchev–Trinajstić information content (AvgIpc) is 2.43. The van der Waals surface area contributed by atoms with Crippen LogP contribution in [0, 0.1) is 0 Å². The number of nitrogens with zero attached hydrogens (tertiary/aromatic N) is 1. The van der Waals surface area contributed by atoms with Gasteiger partial charge in [-0.15, -0.1) is 0 Å². The van der Waals surface area contributed by atoms with Gasteiger partial charge in [-0.1, -0.05) is 0 Å². The molecule has 1 aromatic heterocycles. The minimum Gasteiger partial charge on any atom is -0.399 e. The van der Waals surface area contributed by atoms with Crippen LogP contribution in [0.3, 0.4) is 0 Å². The number of ketones is 1. The maximum Gasteiger partial charge on any atom is 0.161 e. The lowest BCUT2D eigenvalue weighted by atomic mass is 10.1. The summed E-state index contributed by atoms with van der Waals surface area (Å²) in [7, 11) is 1.92. The van der Waals surface area contributed by atoms with Crippen LogP contribution in [0.4, 0.5) is 5.69 Å². The number of anilines is 1. The van der Waals surface area contributed by atoms with Crippen molar-refractivity contribution < 1.29 is 4.79 Å². The predicted molar refractivity (Wildman–Crippen MR) is 57.3 cm³/mol. The van der Waals surface area contributed by atoms with E-state index in [1.165, 1.54) is 0 Å². The Bertz CT molecular complexity index is 511. The lowest BCUT2D eigenvalue weighted by Crippen LogP contribution is -1.90. The summed E-state index contributed by atoms with van der Waals surface area (Å²) in [5.41, 5.74) is 8.13. The second-order valence-electron chi connectivity index (χ2n) is 3.49. The molecule has 0 aliphatic carbocycles. The lowest BCUT2D eigenvalue weighted by molar-refractivity contribution is 0.101. The summed E-state index contributed by atoms with van der Waals surface area (Å²) < 4.78 is 1.94. The summed E-state index contributed by atoms with van der Waals surface area (Å²) in [6.45, 7) is 1.57. The Kier molecular flexibility index (Phi) is 1.81. The van der Waals surface area contributed by atoms with Crippen LogP contribution in [0.5, 0.6) is 0 Å². The molecule has 0 radical (unpaired) electrons. The summed E-state index contributed by atoms with van der Waals surface area (Å²) in [5.74, 6) is 0.0706. The number of nitrogen functional groups attached to an aromatic ring is 1. The maximum atomic E-state index is 11.3. The van der Waals surface area contributed by atoms with Gasteiger partial charge in [-0.3, -0.25) is 4.79 Å². The van der Waals surface area contributed by atoms with E-state index in [-0.39, 0.29) is 5.78 Å². The molecular formula is C11H12N2O. The first-order valence-electron chi connectivity index (χ1n) is 4.45. The molecule has 2 rings (SSSR count). The van der Waals surface area contributed by atoms with Crippen molar-refractivity contribution in [1.29, 1.82) is 0 Å². The molecule has 0 bridgehead atoms. The number of aryl methyl sites for hydroxylation is 1. The molecule has 3 nitrogen and oxygen atoms in total. The van der Waals surface area contributed by atoms with Crippen molar-refractivity contribution in [3.63, 3.8) is 0 Å². The van der Waals surface area contributed by atoms with Crippen molar-refractivity contribution in [3.05, 3.63) is 30.0 Å². The first-order chi connectivity index (χ1) is 6.59. The fourth-order valence-electron chi connectivity index (χ4n) is 1.69. The first-order valence-corrected chi connectivity index (χ1v) is 4.45. The molecule has 0 atom stereocenters. The highest BCUT2D eigenvalue weighted by Gasteiger charge is 2.09. The summed E-state index contributed by atoms with van der Waals surface area (Å²) in [6.07, 6.45) is 1.84. The molecule has 2 aromatic rings. The van der Waals surface area contributed by atoms with Gasteiger partial charge >= 0.3 is 0 Å². The Balaban J connectivity index is 2.85.